The highest BCUT2D eigenvalue weighted by Crippen LogP contribution is 2.28. The van der Waals surface area contributed by atoms with Crippen LogP contribution in [-0.2, 0) is 0 Å². The maximum absolute atomic E-state index is 5.96. The van der Waals surface area contributed by atoms with Crippen LogP contribution in [0.3, 0.4) is 0 Å². The zero-order valence-corrected chi connectivity index (χ0v) is 11.3. The van der Waals surface area contributed by atoms with E-state index in [2.05, 4.69) is 20.2 Å². The third-order valence-corrected chi connectivity index (χ3v) is 4.02. The van der Waals surface area contributed by atoms with E-state index in [1.165, 1.54) is 11.3 Å². The van der Waals surface area contributed by atoms with E-state index in [0.29, 0.717) is 0 Å². The number of hydrogen-bond acceptors (Lipinski definition) is 6. The molecule has 1 unspecified atom stereocenters. The van der Waals surface area contributed by atoms with Crippen molar-refractivity contribution in [3.05, 3.63) is 35.6 Å². The summed E-state index contributed by atoms with van der Waals surface area (Å²) in [5.41, 5.74) is 8.70. The second-order valence-electron chi connectivity index (χ2n) is 4.22. The molecule has 0 radical (unpaired) electrons. The molecule has 0 bridgehead atoms. The normalized spacial score (nSPS) is 12.7. The summed E-state index contributed by atoms with van der Waals surface area (Å²) < 4.78 is 0. The predicted octanol–water partition coefficient (Wildman–Crippen LogP) is 2.56. The number of nitrogens with two attached hydrogens (primary N) is 1. The first-order chi connectivity index (χ1) is 9.28. The topological polar surface area (TPSA) is 77.6 Å². The van der Waals surface area contributed by atoms with Crippen LogP contribution in [0, 0.1) is 0 Å². The third-order valence-electron chi connectivity index (χ3n) is 2.91. The van der Waals surface area contributed by atoms with Crippen LogP contribution in [0.1, 0.15) is 24.4 Å². The van der Waals surface area contributed by atoms with Crippen LogP contribution in [-0.4, -0.2) is 20.2 Å². The molecule has 0 fully saturated rings. The largest absolute Gasteiger partial charge is 0.322 e. The van der Waals surface area contributed by atoms with E-state index in [9.17, 15) is 0 Å². The van der Waals surface area contributed by atoms with Crippen molar-refractivity contribution >= 4 is 22.4 Å². The molecule has 2 heterocycles. The lowest BCUT2D eigenvalue weighted by molar-refractivity contribution is 0.683. The van der Waals surface area contributed by atoms with E-state index in [1.54, 1.807) is 12.4 Å². The summed E-state index contributed by atoms with van der Waals surface area (Å²) in [4.78, 5) is 8.54. The van der Waals surface area contributed by atoms with Crippen molar-refractivity contribution in [3.8, 4) is 10.6 Å². The summed E-state index contributed by atoms with van der Waals surface area (Å²) in [6, 6.07) is 5.87. The van der Waals surface area contributed by atoms with Gasteiger partial charge in [-0.15, -0.1) is 10.2 Å². The minimum Gasteiger partial charge on any atom is -0.322 e. The van der Waals surface area contributed by atoms with E-state index < -0.39 is 0 Å². The van der Waals surface area contributed by atoms with Crippen molar-refractivity contribution < 1.29 is 0 Å². The van der Waals surface area contributed by atoms with Gasteiger partial charge in [-0.2, -0.15) is 0 Å². The van der Waals surface area contributed by atoms with Crippen molar-refractivity contribution in [2.24, 2.45) is 5.73 Å². The van der Waals surface area contributed by atoms with Crippen LogP contribution in [0.15, 0.2) is 30.6 Å². The van der Waals surface area contributed by atoms with Crippen LogP contribution in [0.25, 0.3) is 21.6 Å². The van der Waals surface area contributed by atoms with Gasteiger partial charge in [-0.05, 0) is 24.6 Å². The molecule has 2 N–H and O–H groups in total. The fraction of sp³-hybridized carbons (Fsp3) is 0.231. The van der Waals surface area contributed by atoms with Gasteiger partial charge in [0.15, 0.2) is 0 Å². The Morgan fingerprint density at radius 2 is 1.95 bits per heavy atom. The molecule has 3 rings (SSSR count). The zero-order valence-electron chi connectivity index (χ0n) is 10.4. The highest BCUT2D eigenvalue weighted by atomic mass is 32.1. The maximum atomic E-state index is 5.96. The van der Waals surface area contributed by atoms with Crippen LogP contribution in [0.2, 0.25) is 0 Å². The predicted molar refractivity (Wildman–Crippen MR) is 75.7 cm³/mol. The zero-order chi connectivity index (χ0) is 13.2. The molecule has 0 aliphatic carbocycles. The molecule has 6 heteroatoms. The molecule has 0 amide bonds. The molecular formula is C13H13N5S. The summed E-state index contributed by atoms with van der Waals surface area (Å²) in [6.45, 7) is 2.04. The molecule has 2 aromatic heterocycles. The molecule has 0 saturated heterocycles. The second kappa shape index (κ2) is 4.99. The van der Waals surface area contributed by atoms with E-state index in [4.69, 9.17) is 5.73 Å². The number of fused-ring (bicyclic) bond motifs is 1. The van der Waals surface area contributed by atoms with E-state index in [-0.39, 0.29) is 6.04 Å². The lowest BCUT2D eigenvalue weighted by atomic mass is 10.2. The molecular weight excluding hydrogens is 258 g/mol. The molecule has 1 atom stereocenters. The lowest BCUT2D eigenvalue weighted by Crippen LogP contribution is -2.07. The fourth-order valence-electron chi connectivity index (χ4n) is 1.77. The Morgan fingerprint density at radius 3 is 2.74 bits per heavy atom. The summed E-state index contributed by atoms with van der Waals surface area (Å²) in [5.74, 6) is 0. The van der Waals surface area contributed by atoms with Gasteiger partial charge in [0.1, 0.15) is 10.0 Å². The Bertz CT molecular complexity index is 709. The highest BCUT2D eigenvalue weighted by molar-refractivity contribution is 7.14. The third kappa shape index (κ3) is 2.32. The maximum Gasteiger partial charge on any atom is 0.147 e. The lowest BCUT2D eigenvalue weighted by Gasteiger charge is -2.01. The number of benzene rings is 1. The Labute approximate surface area is 114 Å². The van der Waals surface area contributed by atoms with E-state index in [0.717, 1.165) is 33.0 Å². The number of hydrogen-bond donors (Lipinski definition) is 1. The van der Waals surface area contributed by atoms with E-state index in [1.807, 2.05) is 25.1 Å². The molecule has 19 heavy (non-hydrogen) atoms. The SMILES string of the molecule is CCC(N)c1nnc(-c2ccc3nccnc3c2)s1. The van der Waals surface area contributed by atoms with Crippen LogP contribution < -0.4 is 5.73 Å². The summed E-state index contributed by atoms with van der Waals surface area (Å²) in [7, 11) is 0. The van der Waals surface area contributed by atoms with Gasteiger partial charge in [-0.25, -0.2) is 0 Å². The molecule has 96 valence electrons. The van der Waals surface area contributed by atoms with Gasteiger partial charge in [0.25, 0.3) is 0 Å². The molecule has 1 aromatic carbocycles. The Balaban J connectivity index is 2.01. The van der Waals surface area contributed by atoms with Crippen LogP contribution in [0.5, 0.6) is 0 Å². The number of rotatable bonds is 3. The van der Waals surface area contributed by atoms with Crippen molar-refractivity contribution in [3.63, 3.8) is 0 Å². The van der Waals surface area contributed by atoms with Crippen molar-refractivity contribution in [2.75, 3.05) is 0 Å². The van der Waals surface area contributed by atoms with E-state index >= 15 is 0 Å². The molecule has 3 aromatic rings. The Hall–Kier alpha value is -1.92. The van der Waals surface area contributed by atoms with Gasteiger partial charge in [0.2, 0.25) is 0 Å². The van der Waals surface area contributed by atoms with Crippen molar-refractivity contribution in [1.29, 1.82) is 0 Å². The van der Waals surface area contributed by atoms with Gasteiger partial charge >= 0.3 is 0 Å². The van der Waals surface area contributed by atoms with Gasteiger partial charge < -0.3 is 5.73 Å². The minimum absolute atomic E-state index is 0.0356. The first kappa shape index (κ1) is 12.1. The monoisotopic (exact) mass is 271 g/mol. The molecule has 0 aliphatic rings. The highest BCUT2D eigenvalue weighted by Gasteiger charge is 2.12. The Morgan fingerprint density at radius 1 is 1.16 bits per heavy atom. The van der Waals surface area contributed by atoms with Gasteiger partial charge in [0.05, 0.1) is 17.1 Å². The average molecular weight is 271 g/mol. The fourth-order valence-corrected chi connectivity index (χ4v) is 2.70. The standard InChI is InChI=1S/C13H13N5S/c1-2-9(14)13-18-17-12(19-13)8-3-4-10-11(7-8)16-6-5-15-10/h3-7,9H,2,14H2,1H3. The molecule has 5 nitrogen and oxygen atoms in total. The quantitative estimate of drug-likeness (QED) is 0.792. The van der Waals surface area contributed by atoms with Gasteiger partial charge in [0, 0.05) is 18.0 Å². The van der Waals surface area contributed by atoms with Crippen LogP contribution >= 0.6 is 11.3 Å². The first-order valence-electron chi connectivity index (χ1n) is 6.08. The summed E-state index contributed by atoms with van der Waals surface area (Å²) in [6.07, 6.45) is 4.23. The molecule has 0 aliphatic heterocycles. The smallest absolute Gasteiger partial charge is 0.147 e. The number of nitrogens with zero attached hydrogens (tertiary/aromatic N) is 4. The molecule has 0 spiro atoms. The van der Waals surface area contributed by atoms with Crippen LogP contribution in [0.4, 0.5) is 0 Å². The minimum atomic E-state index is -0.0356. The van der Waals surface area contributed by atoms with Crippen molar-refractivity contribution in [1.82, 2.24) is 20.2 Å². The first-order valence-corrected chi connectivity index (χ1v) is 6.89. The average Bonchev–Trinajstić information content (AvgIpc) is 2.95. The Kier molecular flexibility index (Phi) is 3.18. The number of aromatic nitrogens is 4. The summed E-state index contributed by atoms with van der Waals surface area (Å²) >= 11 is 1.53. The second-order valence-corrected chi connectivity index (χ2v) is 5.23. The molecule has 0 saturated carbocycles. The van der Waals surface area contributed by atoms with Gasteiger partial charge in [-0.1, -0.05) is 18.3 Å². The van der Waals surface area contributed by atoms with Crippen molar-refractivity contribution in [2.45, 2.75) is 19.4 Å². The van der Waals surface area contributed by atoms with Gasteiger partial charge in [-0.3, -0.25) is 9.97 Å². The summed E-state index contributed by atoms with van der Waals surface area (Å²) in [5, 5.41) is 10.1.